The molecule has 20 heavy (non-hydrogen) atoms. The molecule has 0 aliphatic rings. The summed E-state index contributed by atoms with van der Waals surface area (Å²) in [6, 6.07) is 2.18. The number of hydrogen-bond donors (Lipinski definition) is 1. The molecule has 104 valence electrons. The monoisotopic (exact) mass is 287 g/mol. The molecule has 0 aromatic carbocycles. The second-order valence-corrected chi connectivity index (χ2v) is 5.85. The molecule has 3 rings (SSSR count). The van der Waals surface area contributed by atoms with Gasteiger partial charge in [-0.15, -0.1) is 11.3 Å². The highest BCUT2D eigenvalue weighted by atomic mass is 32.1. The standard InChI is InChI=1S/C14H17N5S/c1-4-11-5-12-13(16-8-17-14(12)20-11)15-6-10-7-18-19(3)9(10)2/h5,7-8H,4,6H2,1-3H3,(H,15,16,17). The van der Waals surface area contributed by atoms with Crippen LogP contribution in [0.1, 0.15) is 23.1 Å². The van der Waals surface area contributed by atoms with Gasteiger partial charge in [-0.1, -0.05) is 6.92 Å². The molecule has 0 bridgehead atoms. The topological polar surface area (TPSA) is 55.6 Å². The third-order valence-corrected chi connectivity index (χ3v) is 4.70. The van der Waals surface area contributed by atoms with E-state index in [1.807, 2.05) is 17.9 Å². The van der Waals surface area contributed by atoms with Crippen LogP contribution in [0.15, 0.2) is 18.6 Å². The van der Waals surface area contributed by atoms with Crippen molar-refractivity contribution >= 4 is 27.4 Å². The SMILES string of the molecule is CCc1cc2c(NCc3cnn(C)c3C)ncnc2s1. The first-order valence-corrected chi connectivity index (χ1v) is 7.45. The summed E-state index contributed by atoms with van der Waals surface area (Å²) >= 11 is 1.73. The Kier molecular flexibility index (Phi) is 3.40. The van der Waals surface area contributed by atoms with Gasteiger partial charge in [-0.3, -0.25) is 4.68 Å². The van der Waals surface area contributed by atoms with Crippen molar-refractivity contribution in [2.45, 2.75) is 26.8 Å². The van der Waals surface area contributed by atoms with Gasteiger partial charge in [-0.2, -0.15) is 5.10 Å². The lowest BCUT2D eigenvalue weighted by atomic mass is 10.2. The molecule has 5 nitrogen and oxygen atoms in total. The molecule has 3 aromatic rings. The first-order valence-electron chi connectivity index (χ1n) is 6.63. The van der Waals surface area contributed by atoms with Gasteiger partial charge in [0.05, 0.1) is 11.6 Å². The van der Waals surface area contributed by atoms with Crippen molar-refractivity contribution < 1.29 is 0 Å². The van der Waals surface area contributed by atoms with Crippen LogP contribution in [0.3, 0.4) is 0 Å². The first-order chi connectivity index (χ1) is 9.69. The summed E-state index contributed by atoms with van der Waals surface area (Å²) in [6.07, 6.45) is 4.55. The highest BCUT2D eigenvalue weighted by Gasteiger charge is 2.09. The van der Waals surface area contributed by atoms with Crippen molar-refractivity contribution in [1.29, 1.82) is 0 Å². The van der Waals surface area contributed by atoms with Gasteiger partial charge >= 0.3 is 0 Å². The quantitative estimate of drug-likeness (QED) is 0.801. The third kappa shape index (κ3) is 2.27. The maximum Gasteiger partial charge on any atom is 0.138 e. The van der Waals surface area contributed by atoms with Gasteiger partial charge in [-0.25, -0.2) is 9.97 Å². The van der Waals surface area contributed by atoms with E-state index in [9.17, 15) is 0 Å². The predicted molar refractivity (Wildman–Crippen MR) is 82.1 cm³/mol. The number of nitrogens with one attached hydrogen (secondary N) is 1. The van der Waals surface area contributed by atoms with E-state index in [-0.39, 0.29) is 0 Å². The fourth-order valence-electron chi connectivity index (χ4n) is 2.12. The van der Waals surface area contributed by atoms with Gasteiger partial charge in [-0.05, 0) is 19.4 Å². The molecule has 0 saturated carbocycles. The van der Waals surface area contributed by atoms with E-state index in [1.54, 1.807) is 17.7 Å². The minimum absolute atomic E-state index is 0.725. The van der Waals surface area contributed by atoms with Gasteiger partial charge in [0, 0.05) is 29.7 Å². The molecular formula is C14H17N5S. The molecule has 0 fully saturated rings. The third-order valence-electron chi connectivity index (χ3n) is 3.51. The minimum atomic E-state index is 0.725. The van der Waals surface area contributed by atoms with Gasteiger partial charge in [0.1, 0.15) is 17.0 Å². The lowest BCUT2D eigenvalue weighted by Crippen LogP contribution is -2.03. The van der Waals surface area contributed by atoms with E-state index >= 15 is 0 Å². The summed E-state index contributed by atoms with van der Waals surface area (Å²) in [5, 5.41) is 8.76. The van der Waals surface area contributed by atoms with Crippen LogP contribution in [0.25, 0.3) is 10.2 Å². The molecule has 3 heterocycles. The largest absolute Gasteiger partial charge is 0.365 e. The minimum Gasteiger partial charge on any atom is -0.365 e. The molecule has 0 atom stereocenters. The Balaban J connectivity index is 1.87. The summed E-state index contributed by atoms with van der Waals surface area (Å²) < 4.78 is 1.88. The van der Waals surface area contributed by atoms with Crippen LogP contribution >= 0.6 is 11.3 Å². The van der Waals surface area contributed by atoms with Gasteiger partial charge in [0.2, 0.25) is 0 Å². The molecule has 6 heteroatoms. The normalized spacial score (nSPS) is 11.2. The van der Waals surface area contributed by atoms with Crippen LogP contribution in [0, 0.1) is 6.92 Å². The zero-order valence-electron chi connectivity index (χ0n) is 11.8. The van der Waals surface area contributed by atoms with Crippen molar-refractivity contribution in [3.05, 3.63) is 34.7 Å². The number of thiophene rings is 1. The van der Waals surface area contributed by atoms with E-state index < -0.39 is 0 Å². The average molecular weight is 287 g/mol. The average Bonchev–Trinajstić information content (AvgIpc) is 3.02. The molecule has 0 spiro atoms. The van der Waals surface area contributed by atoms with Crippen molar-refractivity contribution in [2.75, 3.05) is 5.32 Å². The van der Waals surface area contributed by atoms with E-state index in [2.05, 4.69) is 40.3 Å². The van der Waals surface area contributed by atoms with Crippen molar-refractivity contribution in [2.24, 2.45) is 7.05 Å². The summed E-state index contributed by atoms with van der Waals surface area (Å²) in [5.74, 6) is 0.897. The Bertz CT molecular complexity index is 743. The van der Waals surface area contributed by atoms with Crippen LogP contribution in [-0.2, 0) is 20.0 Å². The van der Waals surface area contributed by atoms with Crippen molar-refractivity contribution in [3.8, 4) is 0 Å². The molecule has 0 amide bonds. The van der Waals surface area contributed by atoms with E-state index in [0.29, 0.717) is 0 Å². The Morgan fingerprint density at radius 1 is 1.35 bits per heavy atom. The zero-order valence-corrected chi connectivity index (χ0v) is 12.7. The number of aromatic nitrogens is 4. The first kappa shape index (κ1) is 13.1. The van der Waals surface area contributed by atoms with Gasteiger partial charge in [0.15, 0.2) is 0 Å². The fourth-order valence-corrected chi connectivity index (χ4v) is 3.05. The number of rotatable bonds is 4. The maximum atomic E-state index is 4.36. The number of nitrogens with zero attached hydrogens (tertiary/aromatic N) is 4. The van der Waals surface area contributed by atoms with Crippen LogP contribution in [-0.4, -0.2) is 19.7 Å². The second kappa shape index (κ2) is 5.20. The molecule has 0 radical (unpaired) electrons. The van der Waals surface area contributed by atoms with Gasteiger partial charge in [0.25, 0.3) is 0 Å². The molecule has 0 aliphatic heterocycles. The lowest BCUT2D eigenvalue weighted by Gasteiger charge is -2.06. The molecule has 1 N–H and O–H groups in total. The predicted octanol–water partition coefficient (Wildman–Crippen LogP) is 2.91. The number of anilines is 1. The van der Waals surface area contributed by atoms with Crippen LogP contribution < -0.4 is 5.32 Å². The summed E-state index contributed by atoms with van der Waals surface area (Å²) in [4.78, 5) is 11.1. The highest BCUT2D eigenvalue weighted by molar-refractivity contribution is 7.18. The van der Waals surface area contributed by atoms with Gasteiger partial charge < -0.3 is 5.32 Å². The number of hydrogen-bond acceptors (Lipinski definition) is 5. The summed E-state index contributed by atoms with van der Waals surface area (Å²) in [6.45, 7) is 4.95. The number of aryl methyl sites for hydroxylation is 2. The van der Waals surface area contributed by atoms with Crippen molar-refractivity contribution in [3.63, 3.8) is 0 Å². The smallest absolute Gasteiger partial charge is 0.138 e. The van der Waals surface area contributed by atoms with Crippen LogP contribution in [0.5, 0.6) is 0 Å². The number of fused-ring (bicyclic) bond motifs is 1. The van der Waals surface area contributed by atoms with Crippen LogP contribution in [0.4, 0.5) is 5.82 Å². The Morgan fingerprint density at radius 2 is 2.20 bits per heavy atom. The van der Waals surface area contributed by atoms with E-state index in [1.165, 1.54) is 16.1 Å². The second-order valence-electron chi connectivity index (χ2n) is 4.74. The molecule has 0 saturated heterocycles. The summed E-state index contributed by atoms with van der Waals surface area (Å²) in [5.41, 5.74) is 2.35. The fraction of sp³-hybridized carbons (Fsp3) is 0.357. The highest BCUT2D eigenvalue weighted by Crippen LogP contribution is 2.28. The van der Waals surface area contributed by atoms with E-state index in [0.717, 1.165) is 29.0 Å². The Morgan fingerprint density at radius 3 is 2.90 bits per heavy atom. The Hall–Kier alpha value is -1.95. The van der Waals surface area contributed by atoms with Crippen molar-refractivity contribution in [1.82, 2.24) is 19.7 Å². The molecule has 3 aromatic heterocycles. The maximum absolute atomic E-state index is 4.36. The Labute approximate surface area is 121 Å². The summed E-state index contributed by atoms with van der Waals surface area (Å²) in [7, 11) is 1.95. The van der Waals surface area contributed by atoms with E-state index in [4.69, 9.17) is 0 Å². The van der Waals surface area contributed by atoms with Crippen LogP contribution in [0.2, 0.25) is 0 Å². The molecule has 0 unspecified atom stereocenters. The molecular weight excluding hydrogens is 270 g/mol. The zero-order chi connectivity index (χ0) is 14.1. The lowest BCUT2D eigenvalue weighted by molar-refractivity contribution is 0.738. The molecule has 0 aliphatic carbocycles.